The third-order valence-corrected chi connectivity index (χ3v) is 5.89. The summed E-state index contributed by atoms with van der Waals surface area (Å²) < 4.78 is 59.8. The molecule has 0 N–H and O–H groups in total. The fourth-order valence-electron chi connectivity index (χ4n) is 2.53. The molecule has 0 saturated heterocycles. The van der Waals surface area contributed by atoms with E-state index in [4.69, 9.17) is 4.74 Å². The van der Waals surface area contributed by atoms with Gasteiger partial charge >= 0.3 is 0 Å². The highest BCUT2D eigenvalue weighted by molar-refractivity contribution is 7.89. The normalized spacial score (nSPS) is 14.8. The molecule has 1 saturated carbocycles. The molecule has 0 bridgehead atoms. The maximum absolute atomic E-state index is 14.0. The highest BCUT2D eigenvalue weighted by Crippen LogP contribution is 2.35. The van der Waals surface area contributed by atoms with E-state index in [0.29, 0.717) is 18.6 Å². The minimum atomic E-state index is -4.26. The number of methoxy groups -OCH3 is 1. The quantitative estimate of drug-likeness (QED) is 0.800. The molecule has 3 rings (SSSR count). The number of halogens is 2. The number of nitrogens with zero attached hydrogens (tertiary/aromatic N) is 1. The van der Waals surface area contributed by atoms with Gasteiger partial charge in [0.15, 0.2) is 4.90 Å². The number of hydrogen-bond acceptors (Lipinski definition) is 3. The van der Waals surface area contributed by atoms with Crippen LogP contribution < -0.4 is 4.74 Å². The number of sulfonamides is 1. The highest BCUT2D eigenvalue weighted by atomic mass is 32.2. The van der Waals surface area contributed by atoms with Crippen molar-refractivity contribution in [3.63, 3.8) is 0 Å². The van der Waals surface area contributed by atoms with Crippen LogP contribution in [-0.4, -0.2) is 25.9 Å². The van der Waals surface area contributed by atoms with Crippen molar-refractivity contribution in [2.75, 3.05) is 7.11 Å². The van der Waals surface area contributed by atoms with Gasteiger partial charge in [0.1, 0.15) is 17.4 Å². The summed E-state index contributed by atoms with van der Waals surface area (Å²) in [6.07, 6.45) is 1.37. The molecule has 4 nitrogen and oxygen atoms in total. The molecule has 1 fully saturated rings. The second-order valence-corrected chi connectivity index (χ2v) is 7.51. The van der Waals surface area contributed by atoms with Gasteiger partial charge in [0, 0.05) is 12.6 Å². The minimum absolute atomic E-state index is 0.0603. The van der Waals surface area contributed by atoms with Crippen molar-refractivity contribution in [1.29, 1.82) is 0 Å². The molecular weight excluding hydrogens is 336 g/mol. The van der Waals surface area contributed by atoms with Crippen LogP contribution in [0.1, 0.15) is 18.4 Å². The molecule has 0 atom stereocenters. The molecule has 0 aliphatic heterocycles. The molecule has 2 aromatic rings. The fraction of sp³-hybridized carbons (Fsp3) is 0.294. The Hall–Kier alpha value is -1.99. The van der Waals surface area contributed by atoms with E-state index in [1.807, 2.05) is 0 Å². The van der Waals surface area contributed by atoms with Crippen LogP contribution in [0.25, 0.3) is 0 Å². The molecule has 0 radical (unpaired) electrons. The summed E-state index contributed by atoms with van der Waals surface area (Å²) in [5, 5.41) is 0. The van der Waals surface area contributed by atoms with Crippen LogP contribution in [0.15, 0.2) is 47.4 Å². The number of hydrogen-bond donors (Lipinski definition) is 0. The van der Waals surface area contributed by atoms with Gasteiger partial charge in [-0.1, -0.05) is 18.2 Å². The van der Waals surface area contributed by atoms with Gasteiger partial charge in [-0.2, -0.15) is 4.31 Å². The number of benzene rings is 2. The third-order valence-electron chi connectivity index (χ3n) is 3.94. The lowest BCUT2D eigenvalue weighted by molar-refractivity contribution is 0.389. The Labute approximate surface area is 139 Å². The maximum atomic E-state index is 14.0. The zero-order chi connectivity index (χ0) is 17.3. The SMILES string of the molecule is COc1ccc(CN(C2CC2)S(=O)(=O)c2c(F)cccc2F)cc1. The van der Waals surface area contributed by atoms with Gasteiger partial charge in [-0.3, -0.25) is 0 Å². The number of ether oxygens (including phenoxy) is 1. The van der Waals surface area contributed by atoms with E-state index in [-0.39, 0.29) is 12.6 Å². The molecule has 0 amide bonds. The first-order chi connectivity index (χ1) is 11.4. The Kier molecular flexibility index (Phi) is 4.56. The molecule has 128 valence electrons. The van der Waals surface area contributed by atoms with E-state index < -0.39 is 26.6 Å². The molecule has 24 heavy (non-hydrogen) atoms. The lowest BCUT2D eigenvalue weighted by Gasteiger charge is -2.22. The van der Waals surface area contributed by atoms with Crippen LogP contribution in [-0.2, 0) is 16.6 Å². The molecular formula is C17H17F2NO3S. The first kappa shape index (κ1) is 16.9. The van der Waals surface area contributed by atoms with Crippen molar-refractivity contribution in [3.8, 4) is 5.75 Å². The fourth-order valence-corrected chi connectivity index (χ4v) is 4.32. The first-order valence-electron chi connectivity index (χ1n) is 7.52. The van der Waals surface area contributed by atoms with Crippen molar-refractivity contribution in [2.45, 2.75) is 30.3 Å². The summed E-state index contributed by atoms with van der Waals surface area (Å²) in [7, 11) is -2.72. The van der Waals surface area contributed by atoms with Crippen LogP contribution in [0.3, 0.4) is 0 Å². The molecule has 2 aromatic carbocycles. The van der Waals surface area contributed by atoms with E-state index in [0.717, 1.165) is 23.8 Å². The summed E-state index contributed by atoms with van der Waals surface area (Å²) in [4.78, 5) is -0.884. The van der Waals surface area contributed by atoms with Crippen molar-refractivity contribution < 1.29 is 21.9 Å². The van der Waals surface area contributed by atoms with Crippen LogP contribution >= 0.6 is 0 Å². The van der Waals surface area contributed by atoms with Crippen molar-refractivity contribution in [2.24, 2.45) is 0 Å². The Balaban J connectivity index is 1.95. The smallest absolute Gasteiger partial charge is 0.249 e. The largest absolute Gasteiger partial charge is 0.497 e. The maximum Gasteiger partial charge on any atom is 0.249 e. The topological polar surface area (TPSA) is 46.6 Å². The van der Waals surface area contributed by atoms with E-state index in [1.165, 1.54) is 11.4 Å². The second kappa shape index (κ2) is 6.49. The predicted molar refractivity (Wildman–Crippen MR) is 85.1 cm³/mol. The van der Waals surface area contributed by atoms with Crippen LogP contribution in [0, 0.1) is 11.6 Å². The predicted octanol–water partition coefficient (Wildman–Crippen LogP) is 3.33. The molecule has 0 aromatic heterocycles. The molecule has 0 unspecified atom stereocenters. The lowest BCUT2D eigenvalue weighted by Crippen LogP contribution is -2.33. The summed E-state index contributed by atoms with van der Waals surface area (Å²) >= 11 is 0. The van der Waals surface area contributed by atoms with Gasteiger partial charge in [0.25, 0.3) is 0 Å². The lowest BCUT2D eigenvalue weighted by atomic mass is 10.2. The monoisotopic (exact) mass is 353 g/mol. The van der Waals surface area contributed by atoms with E-state index in [1.54, 1.807) is 24.3 Å². The summed E-state index contributed by atoms with van der Waals surface area (Å²) in [5.41, 5.74) is 0.725. The number of rotatable bonds is 6. The van der Waals surface area contributed by atoms with E-state index in [9.17, 15) is 17.2 Å². The zero-order valence-electron chi connectivity index (χ0n) is 13.1. The van der Waals surface area contributed by atoms with Crippen LogP contribution in [0.5, 0.6) is 5.75 Å². The van der Waals surface area contributed by atoms with Gasteiger partial charge < -0.3 is 4.74 Å². The highest BCUT2D eigenvalue weighted by Gasteiger charge is 2.40. The van der Waals surface area contributed by atoms with Crippen LogP contribution in [0.4, 0.5) is 8.78 Å². The Morgan fingerprint density at radius 2 is 1.67 bits per heavy atom. The van der Waals surface area contributed by atoms with Gasteiger partial charge in [0.2, 0.25) is 10.0 Å². The van der Waals surface area contributed by atoms with Gasteiger partial charge in [-0.05, 0) is 42.7 Å². The van der Waals surface area contributed by atoms with Crippen LogP contribution in [0.2, 0.25) is 0 Å². The molecule has 0 heterocycles. The second-order valence-electron chi connectivity index (χ2n) is 5.68. The van der Waals surface area contributed by atoms with Gasteiger partial charge in [0.05, 0.1) is 7.11 Å². The Bertz CT molecular complexity index is 813. The average Bonchev–Trinajstić information content (AvgIpc) is 3.37. The van der Waals surface area contributed by atoms with Crippen molar-refractivity contribution >= 4 is 10.0 Å². The van der Waals surface area contributed by atoms with Gasteiger partial charge in [-0.25, -0.2) is 17.2 Å². The minimum Gasteiger partial charge on any atom is -0.497 e. The summed E-state index contributed by atoms with van der Waals surface area (Å²) in [6, 6.07) is 9.74. The molecule has 1 aliphatic carbocycles. The first-order valence-corrected chi connectivity index (χ1v) is 8.96. The zero-order valence-corrected chi connectivity index (χ0v) is 13.9. The summed E-state index contributed by atoms with van der Waals surface area (Å²) in [6.45, 7) is 0.0603. The summed E-state index contributed by atoms with van der Waals surface area (Å²) in [5.74, 6) is -1.49. The Morgan fingerprint density at radius 1 is 1.08 bits per heavy atom. The van der Waals surface area contributed by atoms with E-state index >= 15 is 0 Å². The third kappa shape index (κ3) is 3.27. The molecule has 1 aliphatic rings. The Morgan fingerprint density at radius 3 is 2.17 bits per heavy atom. The standard InChI is InChI=1S/C17H17F2NO3S/c1-23-14-9-5-12(6-10-14)11-20(13-7-8-13)24(21,22)17-15(18)3-2-4-16(17)19/h2-6,9-10,13H,7-8,11H2,1H3. The van der Waals surface area contributed by atoms with E-state index in [2.05, 4.69) is 0 Å². The average molecular weight is 353 g/mol. The van der Waals surface area contributed by atoms with Gasteiger partial charge in [-0.15, -0.1) is 0 Å². The van der Waals surface area contributed by atoms with Crippen molar-refractivity contribution in [3.05, 3.63) is 59.7 Å². The van der Waals surface area contributed by atoms with Crippen molar-refractivity contribution in [1.82, 2.24) is 4.31 Å². The molecule has 0 spiro atoms. The molecule has 7 heteroatoms.